The number of anilines is 1. The van der Waals surface area contributed by atoms with Gasteiger partial charge in [-0.1, -0.05) is 12.1 Å². The van der Waals surface area contributed by atoms with Gasteiger partial charge in [-0.05, 0) is 40.5 Å². The van der Waals surface area contributed by atoms with E-state index in [1.54, 1.807) is 23.5 Å². The van der Waals surface area contributed by atoms with Gasteiger partial charge in [0.25, 0.3) is 0 Å². The molecule has 1 heterocycles. The van der Waals surface area contributed by atoms with Gasteiger partial charge in [-0.15, -0.1) is 11.3 Å². The molecule has 2 N–H and O–H groups in total. The molecule has 0 atom stereocenters. The first-order valence-corrected chi connectivity index (χ1v) is 6.01. The predicted octanol–water partition coefficient (Wildman–Crippen LogP) is 4.21. The molecule has 0 aliphatic carbocycles. The highest BCUT2D eigenvalue weighted by atomic mass is 79.9. The van der Waals surface area contributed by atoms with Gasteiger partial charge in [0.1, 0.15) is 5.82 Å². The van der Waals surface area contributed by atoms with Gasteiger partial charge in [-0.2, -0.15) is 0 Å². The van der Waals surface area contributed by atoms with E-state index in [0.29, 0.717) is 0 Å². The van der Waals surface area contributed by atoms with Crippen molar-refractivity contribution < 1.29 is 4.39 Å². The minimum Gasteiger partial charge on any atom is -0.397 e. The topological polar surface area (TPSA) is 26.0 Å². The van der Waals surface area contributed by atoms with Crippen molar-refractivity contribution >= 4 is 33.0 Å². The highest BCUT2D eigenvalue weighted by Gasteiger charge is 2.12. The van der Waals surface area contributed by atoms with Crippen LogP contribution in [0.2, 0.25) is 0 Å². The summed E-state index contributed by atoms with van der Waals surface area (Å²) in [6.45, 7) is 2.00. The van der Waals surface area contributed by atoms with Gasteiger partial charge >= 0.3 is 0 Å². The van der Waals surface area contributed by atoms with E-state index in [-0.39, 0.29) is 5.82 Å². The molecule has 0 aliphatic heterocycles. The molecule has 2 rings (SSSR count). The van der Waals surface area contributed by atoms with Gasteiger partial charge in [0.05, 0.1) is 9.47 Å². The fourth-order valence-electron chi connectivity index (χ4n) is 1.50. The maximum absolute atomic E-state index is 12.8. The second-order valence-corrected chi connectivity index (χ2v) is 5.77. The highest BCUT2D eigenvalue weighted by Crippen LogP contribution is 2.41. The molecular formula is C11H9BrFNS. The first kappa shape index (κ1) is 10.6. The minimum absolute atomic E-state index is 0.232. The third kappa shape index (κ3) is 1.92. The van der Waals surface area contributed by atoms with E-state index < -0.39 is 0 Å². The van der Waals surface area contributed by atoms with E-state index in [4.69, 9.17) is 5.73 Å². The number of thiophene rings is 1. The van der Waals surface area contributed by atoms with Gasteiger partial charge in [-0.25, -0.2) is 4.39 Å². The Morgan fingerprint density at radius 2 is 1.87 bits per heavy atom. The van der Waals surface area contributed by atoms with Crippen LogP contribution < -0.4 is 5.73 Å². The summed E-state index contributed by atoms with van der Waals surface area (Å²) in [5.74, 6) is -0.232. The maximum Gasteiger partial charge on any atom is 0.123 e. The molecule has 78 valence electrons. The number of aryl methyl sites for hydroxylation is 1. The van der Waals surface area contributed by atoms with E-state index in [0.717, 1.165) is 25.5 Å². The van der Waals surface area contributed by atoms with Crippen LogP contribution in [0, 0.1) is 12.7 Å². The number of halogens is 2. The molecule has 0 radical (unpaired) electrons. The van der Waals surface area contributed by atoms with Crippen LogP contribution in [0.25, 0.3) is 11.1 Å². The lowest BCUT2D eigenvalue weighted by Gasteiger charge is -2.02. The number of benzene rings is 1. The smallest absolute Gasteiger partial charge is 0.123 e. The fraction of sp³-hybridized carbons (Fsp3) is 0.0909. The second kappa shape index (κ2) is 3.94. The average Bonchev–Trinajstić information content (AvgIpc) is 2.44. The van der Waals surface area contributed by atoms with Crippen molar-refractivity contribution in [1.29, 1.82) is 0 Å². The van der Waals surface area contributed by atoms with Crippen molar-refractivity contribution in [3.63, 3.8) is 0 Å². The van der Waals surface area contributed by atoms with Crippen LogP contribution >= 0.6 is 27.3 Å². The Balaban J connectivity index is 2.58. The summed E-state index contributed by atoms with van der Waals surface area (Å²) in [5, 5.41) is 0. The molecule has 2 aromatic rings. The van der Waals surface area contributed by atoms with Crippen LogP contribution in [0.4, 0.5) is 10.1 Å². The SMILES string of the molecule is Cc1sc(Br)c(N)c1-c1ccc(F)cc1. The summed E-state index contributed by atoms with van der Waals surface area (Å²) in [6.07, 6.45) is 0. The molecule has 0 aliphatic rings. The molecule has 4 heteroatoms. The number of nitrogens with two attached hydrogens (primary N) is 1. The molecule has 0 unspecified atom stereocenters. The van der Waals surface area contributed by atoms with Crippen molar-refractivity contribution in [2.24, 2.45) is 0 Å². The summed E-state index contributed by atoms with van der Waals surface area (Å²) < 4.78 is 13.7. The van der Waals surface area contributed by atoms with Crippen LogP contribution in [0.15, 0.2) is 28.1 Å². The van der Waals surface area contributed by atoms with E-state index in [9.17, 15) is 4.39 Å². The molecular weight excluding hydrogens is 277 g/mol. The molecule has 1 aromatic heterocycles. The first-order chi connectivity index (χ1) is 7.09. The summed E-state index contributed by atoms with van der Waals surface area (Å²) in [5.41, 5.74) is 8.61. The predicted molar refractivity (Wildman–Crippen MR) is 66.6 cm³/mol. The number of nitrogen functional groups attached to an aromatic ring is 1. The van der Waals surface area contributed by atoms with Crippen molar-refractivity contribution in [1.82, 2.24) is 0 Å². The van der Waals surface area contributed by atoms with E-state index >= 15 is 0 Å². The highest BCUT2D eigenvalue weighted by molar-refractivity contribution is 9.11. The summed E-state index contributed by atoms with van der Waals surface area (Å²) in [7, 11) is 0. The normalized spacial score (nSPS) is 10.6. The monoisotopic (exact) mass is 285 g/mol. The van der Waals surface area contributed by atoms with Crippen LogP contribution in [0.1, 0.15) is 4.88 Å². The van der Waals surface area contributed by atoms with E-state index in [1.165, 1.54) is 12.1 Å². The number of rotatable bonds is 1. The molecule has 0 spiro atoms. The van der Waals surface area contributed by atoms with Gasteiger partial charge in [0.2, 0.25) is 0 Å². The van der Waals surface area contributed by atoms with E-state index in [2.05, 4.69) is 15.9 Å². The molecule has 0 saturated heterocycles. The zero-order valence-corrected chi connectivity index (χ0v) is 10.5. The Bertz CT molecular complexity index is 490. The molecule has 0 saturated carbocycles. The van der Waals surface area contributed by atoms with Crippen LogP contribution in [0.3, 0.4) is 0 Å². The Labute approximate surface area is 99.9 Å². The average molecular weight is 286 g/mol. The first-order valence-electron chi connectivity index (χ1n) is 4.40. The second-order valence-electron chi connectivity index (χ2n) is 3.23. The Morgan fingerprint density at radius 3 is 2.33 bits per heavy atom. The molecule has 1 aromatic carbocycles. The zero-order valence-electron chi connectivity index (χ0n) is 8.05. The Hall–Kier alpha value is -0.870. The minimum atomic E-state index is -0.232. The standard InChI is InChI=1S/C11H9BrFNS/c1-6-9(10(14)11(12)15-6)7-2-4-8(13)5-3-7/h2-5H,14H2,1H3. The van der Waals surface area contributed by atoms with Gasteiger partial charge in [0, 0.05) is 10.4 Å². The van der Waals surface area contributed by atoms with Crippen molar-refractivity contribution in [3.8, 4) is 11.1 Å². The quantitative estimate of drug-likeness (QED) is 0.835. The lowest BCUT2D eigenvalue weighted by atomic mass is 10.1. The van der Waals surface area contributed by atoms with Crippen LogP contribution in [0.5, 0.6) is 0 Å². The lowest BCUT2D eigenvalue weighted by molar-refractivity contribution is 0.628. The molecule has 0 amide bonds. The summed E-state index contributed by atoms with van der Waals surface area (Å²) >= 11 is 4.99. The van der Waals surface area contributed by atoms with Crippen molar-refractivity contribution in [3.05, 3.63) is 38.7 Å². The van der Waals surface area contributed by atoms with Gasteiger partial charge < -0.3 is 5.73 Å². The van der Waals surface area contributed by atoms with Gasteiger partial charge in [-0.3, -0.25) is 0 Å². The van der Waals surface area contributed by atoms with Crippen LogP contribution in [-0.4, -0.2) is 0 Å². The van der Waals surface area contributed by atoms with E-state index in [1.807, 2.05) is 6.92 Å². The summed E-state index contributed by atoms with van der Waals surface area (Å²) in [6, 6.07) is 6.37. The number of hydrogen-bond acceptors (Lipinski definition) is 2. The fourth-order valence-corrected chi connectivity index (χ4v) is 3.24. The largest absolute Gasteiger partial charge is 0.397 e. The molecule has 15 heavy (non-hydrogen) atoms. The van der Waals surface area contributed by atoms with Crippen molar-refractivity contribution in [2.75, 3.05) is 5.73 Å². The molecule has 1 nitrogen and oxygen atoms in total. The maximum atomic E-state index is 12.8. The number of hydrogen-bond donors (Lipinski definition) is 1. The zero-order chi connectivity index (χ0) is 11.0. The summed E-state index contributed by atoms with van der Waals surface area (Å²) in [4.78, 5) is 1.13. The molecule has 0 bridgehead atoms. The van der Waals surface area contributed by atoms with Crippen molar-refractivity contribution in [2.45, 2.75) is 6.92 Å². The van der Waals surface area contributed by atoms with Gasteiger partial charge in [0.15, 0.2) is 0 Å². The lowest BCUT2D eigenvalue weighted by Crippen LogP contribution is -1.87. The Morgan fingerprint density at radius 1 is 1.27 bits per heavy atom. The Kier molecular flexibility index (Phi) is 2.80. The van der Waals surface area contributed by atoms with Crippen LogP contribution in [-0.2, 0) is 0 Å². The molecule has 0 fully saturated rings. The third-order valence-corrected chi connectivity index (χ3v) is 4.03. The third-order valence-electron chi connectivity index (χ3n) is 2.21.